The Morgan fingerprint density at radius 2 is 1.69 bits per heavy atom. The van der Waals surface area contributed by atoms with Crippen LogP contribution in [-0.4, -0.2) is 17.8 Å². The Bertz CT molecular complexity index is 1090. The Balaban J connectivity index is 1.48. The van der Waals surface area contributed by atoms with Crippen LogP contribution in [0.25, 0.3) is 0 Å². The van der Waals surface area contributed by atoms with Gasteiger partial charge in [-0.2, -0.15) is 0 Å². The molecule has 4 rings (SSSR count). The van der Waals surface area contributed by atoms with Gasteiger partial charge in [-0.3, -0.25) is 9.59 Å². The van der Waals surface area contributed by atoms with Crippen LogP contribution in [0.15, 0.2) is 65.3 Å². The number of rotatable bonds is 5. The van der Waals surface area contributed by atoms with Crippen LogP contribution in [0.4, 0.5) is 21.9 Å². The predicted molar refractivity (Wildman–Crippen MR) is 108 cm³/mol. The zero-order chi connectivity index (χ0) is 20.4. The summed E-state index contributed by atoms with van der Waals surface area (Å²) in [4.78, 5) is 37.6. The minimum Gasteiger partial charge on any atom is -0.459 e. The molecule has 4 N–H and O–H groups in total. The highest BCUT2D eigenvalue weighted by atomic mass is 16.3. The summed E-state index contributed by atoms with van der Waals surface area (Å²) in [7, 11) is 0. The highest BCUT2D eigenvalue weighted by Crippen LogP contribution is 2.30. The van der Waals surface area contributed by atoms with Crippen molar-refractivity contribution >= 4 is 34.9 Å². The molecule has 0 aliphatic carbocycles. The van der Waals surface area contributed by atoms with E-state index in [1.165, 1.54) is 6.26 Å². The number of primary amides is 1. The molecule has 0 unspecified atom stereocenters. The number of benzene rings is 2. The number of carbonyl (C=O) groups excluding carboxylic acids is 3. The van der Waals surface area contributed by atoms with Crippen molar-refractivity contribution in [3.8, 4) is 0 Å². The third kappa shape index (κ3) is 3.81. The van der Waals surface area contributed by atoms with E-state index in [0.29, 0.717) is 23.4 Å². The number of nitrogens with two attached hydrogens (primary N) is 1. The summed E-state index contributed by atoms with van der Waals surface area (Å²) in [5, 5.41) is 5.19. The molecule has 0 atom stereocenters. The van der Waals surface area contributed by atoms with Crippen LogP contribution < -0.4 is 21.3 Å². The number of amides is 4. The summed E-state index contributed by atoms with van der Waals surface area (Å²) in [6.45, 7) is 0.247. The Labute approximate surface area is 166 Å². The molecule has 0 bridgehead atoms. The number of urea groups is 1. The second-order valence-electron chi connectivity index (χ2n) is 6.58. The number of hydrogen-bond donors (Lipinski definition) is 3. The number of para-hydroxylation sites is 1. The monoisotopic (exact) mass is 390 g/mol. The Kier molecular flexibility index (Phi) is 4.74. The number of nitrogens with zero attached hydrogens (tertiary/aromatic N) is 1. The van der Waals surface area contributed by atoms with Crippen LogP contribution >= 0.6 is 0 Å². The normalized spacial score (nSPS) is 12.6. The van der Waals surface area contributed by atoms with Gasteiger partial charge in [0.15, 0.2) is 5.76 Å². The van der Waals surface area contributed by atoms with Gasteiger partial charge in [0.2, 0.25) is 5.91 Å². The van der Waals surface area contributed by atoms with Crippen molar-refractivity contribution in [2.45, 2.75) is 13.0 Å². The van der Waals surface area contributed by atoms with Gasteiger partial charge in [-0.25, -0.2) is 4.79 Å². The first-order valence-corrected chi connectivity index (χ1v) is 8.94. The summed E-state index contributed by atoms with van der Waals surface area (Å²) in [5.74, 6) is -0.307. The maximum absolute atomic E-state index is 12.7. The van der Waals surface area contributed by atoms with Crippen molar-refractivity contribution in [3.05, 3.63) is 77.7 Å². The molecule has 8 nitrogen and oxygen atoms in total. The molecular weight excluding hydrogens is 372 g/mol. The quantitative estimate of drug-likeness (QED) is 0.620. The third-order valence-electron chi connectivity index (χ3n) is 4.62. The van der Waals surface area contributed by atoms with E-state index in [4.69, 9.17) is 10.2 Å². The van der Waals surface area contributed by atoms with E-state index in [2.05, 4.69) is 10.6 Å². The molecule has 1 aliphatic heterocycles. The fourth-order valence-corrected chi connectivity index (χ4v) is 3.29. The van der Waals surface area contributed by atoms with Crippen LogP contribution in [0.2, 0.25) is 0 Å². The maximum Gasteiger partial charge on any atom is 0.316 e. The second-order valence-corrected chi connectivity index (χ2v) is 6.58. The molecule has 29 heavy (non-hydrogen) atoms. The number of nitrogens with one attached hydrogen (secondary N) is 2. The van der Waals surface area contributed by atoms with E-state index in [1.807, 2.05) is 24.3 Å². The third-order valence-corrected chi connectivity index (χ3v) is 4.62. The average Bonchev–Trinajstić information content (AvgIpc) is 3.28. The minimum absolute atomic E-state index is 0.0173. The molecule has 2 aromatic carbocycles. The lowest BCUT2D eigenvalue weighted by Crippen LogP contribution is -2.27. The molecule has 1 aromatic heterocycles. The Morgan fingerprint density at radius 3 is 2.41 bits per heavy atom. The molecule has 0 fully saturated rings. The summed E-state index contributed by atoms with van der Waals surface area (Å²) in [6.07, 6.45) is 1.78. The molecule has 0 saturated carbocycles. The summed E-state index contributed by atoms with van der Waals surface area (Å²) in [6, 6.07) is 15.1. The first-order chi connectivity index (χ1) is 14.0. The summed E-state index contributed by atoms with van der Waals surface area (Å²) in [5.41, 5.74) is 8.54. The Morgan fingerprint density at radius 1 is 1.00 bits per heavy atom. The highest BCUT2D eigenvalue weighted by Gasteiger charge is 2.28. The van der Waals surface area contributed by atoms with Gasteiger partial charge in [0.25, 0.3) is 5.91 Å². The second kappa shape index (κ2) is 7.51. The van der Waals surface area contributed by atoms with Crippen molar-refractivity contribution < 1.29 is 18.8 Å². The molecule has 8 heteroatoms. The van der Waals surface area contributed by atoms with Crippen LogP contribution in [0.5, 0.6) is 0 Å². The fourth-order valence-electron chi connectivity index (χ4n) is 3.29. The van der Waals surface area contributed by atoms with E-state index in [-0.39, 0.29) is 18.2 Å². The molecule has 2 heterocycles. The van der Waals surface area contributed by atoms with Gasteiger partial charge in [0.1, 0.15) is 0 Å². The van der Waals surface area contributed by atoms with Crippen molar-refractivity contribution in [3.63, 3.8) is 0 Å². The van der Waals surface area contributed by atoms with Crippen LogP contribution in [0.3, 0.4) is 0 Å². The van der Waals surface area contributed by atoms with E-state index in [9.17, 15) is 14.4 Å². The number of fused-ring (bicyclic) bond motifs is 1. The van der Waals surface area contributed by atoms with Gasteiger partial charge in [-0.15, -0.1) is 0 Å². The number of furan rings is 1. The van der Waals surface area contributed by atoms with Crippen LogP contribution in [0.1, 0.15) is 21.7 Å². The molecule has 4 amide bonds. The van der Waals surface area contributed by atoms with E-state index < -0.39 is 11.9 Å². The lowest BCUT2D eigenvalue weighted by atomic mass is 10.1. The predicted octanol–water partition coefficient (Wildman–Crippen LogP) is 3.11. The van der Waals surface area contributed by atoms with Gasteiger partial charge in [0, 0.05) is 22.6 Å². The van der Waals surface area contributed by atoms with E-state index >= 15 is 0 Å². The molecule has 146 valence electrons. The lowest BCUT2D eigenvalue weighted by molar-refractivity contribution is -0.117. The maximum atomic E-state index is 12.7. The van der Waals surface area contributed by atoms with Gasteiger partial charge < -0.3 is 25.7 Å². The van der Waals surface area contributed by atoms with Crippen LogP contribution in [0, 0.1) is 0 Å². The number of carbonyl (C=O) groups is 3. The zero-order valence-corrected chi connectivity index (χ0v) is 15.3. The van der Waals surface area contributed by atoms with Crippen molar-refractivity contribution in [2.24, 2.45) is 5.73 Å². The molecule has 3 aromatic rings. The first kappa shape index (κ1) is 18.3. The SMILES string of the molecule is NC(=O)Nc1ccc(NC(=O)c2occc2CN2C(=O)Cc3ccccc32)cc1. The largest absolute Gasteiger partial charge is 0.459 e. The van der Waals surface area contributed by atoms with Crippen LogP contribution in [-0.2, 0) is 17.8 Å². The van der Waals surface area contributed by atoms with Crippen molar-refractivity contribution in [1.29, 1.82) is 0 Å². The average molecular weight is 390 g/mol. The number of hydrogen-bond acceptors (Lipinski definition) is 4. The van der Waals surface area contributed by atoms with E-state index in [0.717, 1.165) is 11.3 Å². The molecular formula is C21H18N4O4. The summed E-state index contributed by atoms with van der Waals surface area (Å²) >= 11 is 0. The topological polar surface area (TPSA) is 118 Å². The molecule has 0 radical (unpaired) electrons. The van der Waals surface area contributed by atoms with Crippen molar-refractivity contribution in [2.75, 3.05) is 15.5 Å². The molecule has 0 spiro atoms. The van der Waals surface area contributed by atoms with Gasteiger partial charge in [-0.05, 0) is 42.0 Å². The highest BCUT2D eigenvalue weighted by molar-refractivity contribution is 6.04. The van der Waals surface area contributed by atoms with E-state index in [1.54, 1.807) is 35.2 Å². The molecule has 0 saturated heterocycles. The molecule has 1 aliphatic rings. The zero-order valence-electron chi connectivity index (χ0n) is 15.3. The Hall–Kier alpha value is -4.07. The summed E-state index contributed by atoms with van der Waals surface area (Å²) < 4.78 is 5.38. The van der Waals surface area contributed by atoms with Crippen molar-refractivity contribution in [1.82, 2.24) is 0 Å². The smallest absolute Gasteiger partial charge is 0.316 e. The lowest BCUT2D eigenvalue weighted by Gasteiger charge is -2.17. The number of anilines is 3. The standard InChI is InChI=1S/C21H18N4O4/c22-21(28)24-16-7-5-15(6-8-16)23-20(27)19-14(9-10-29-19)12-25-17-4-2-1-3-13(17)11-18(25)26/h1-10H,11-12H2,(H,23,27)(H3,22,24,28). The minimum atomic E-state index is -0.667. The first-order valence-electron chi connectivity index (χ1n) is 8.94. The van der Waals surface area contributed by atoms with Gasteiger partial charge in [0.05, 0.1) is 19.2 Å². The van der Waals surface area contributed by atoms with Gasteiger partial charge >= 0.3 is 6.03 Å². The van der Waals surface area contributed by atoms with Gasteiger partial charge in [-0.1, -0.05) is 18.2 Å². The fraction of sp³-hybridized carbons (Fsp3) is 0.0952.